The number of hydrogen-bond donors (Lipinski definition) is 2. The van der Waals surface area contributed by atoms with Crippen molar-refractivity contribution >= 4 is 17.4 Å². The molecule has 6 heteroatoms. The van der Waals surface area contributed by atoms with Crippen molar-refractivity contribution in [2.75, 3.05) is 44.6 Å². The number of aryl methyl sites for hydroxylation is 1. The number of fused-ring (bicyclic) bond motifs is 1. The molecule has 248 valence electrons. The highest BCUT2D eigenvalue weighted by Gasteiger charge is 2.21. The number of ketones is 1. The van der Waals surface area contributed by atoms with Crippen molar-refractivity contribution < 1.29 is 14.7 Å². The highest BCUT2D eigenvalue weighted by Crippen LogP contribution is 2.28. The van der Waals surface area contributed by atoms with Crippen molar-refractivity contribution in [3.63, 3.8) is 0 Å². The Bertz CT molecular complexity index is 1360. The summed E-state index contributed by atoms with van der Waals surface area (Å²) in [6.07, 6.45) is 8.18. The van der Waals surface area contributed by atoms with Crippen LogP contribution in [0.1, 0.15) is 96.7 Å². The van der Waals surface area contributed by atoms with E-state index in [4.69, 9.17) is 0 Å². The molecule has 1 saturated heterocycles. The zero-order chi connectivity index (χ0) is 32.7. The van der Waals surface area contributed by atoms with E-state index in [0.29, 0.717) is 23.8 Å². The number of rotatable bonds is 13. The van der Waals surface area contributed by atoms with Gasteiger partial charge in [0, 0.05) is 30.8 Å². The molecular formula is C40H55N3O3. The minimum Gasteiger partial charge on any atom is -0.478 e. The quantitative estimate of drug-likeness (QED) is 0.187. The summed E-state index contributed by atoms with van der Waals surface area (Å²) in [6.45, 7) is 14.0. The van der Waals surface area contributed by atoms with Gasteiger partial charge in [-0.2, -0.15) is 0 Å². The number of benzene rings is 3. The van der Waals surface area contributed by atoms with Gasteiger partial charge in [-0.15, -0.1) is 0 Å². The summed E-state index contributed by atoms with van der Waals surface area (Å²) in [5.41, 5.74) is 6.12. The Morgan fingerprint density at radius 1 is 0.826 bits per heavy atom. The Morgan fingerprint density at radius 3 is 2.22 bits per heavy atom. The van der Waals surface area contributed by atoms with Gasteiger partial charge >= 0.3 is 5.97 Å². The van der Waals surface area contributed by atoms with Crippen molar-refractivity contribution in [3.8, 4) is 0 Å². The second-order valence-corrected chi connectivity index (χ2v) is 13.0. The summed E-state index contributed by atoms with van der Waals surface area (Å²) >= 11 is 0. The number of likely N-dealkylation sites (tertiary alicyclic amines) is 1. The molecule has 0 aliphatic carbocycles. The molecule has 1 fully saturated rings. The van der Waals surface area contributed by atoms with Crippen molar-refractivity contribution in [3.05, 3.63) is 101 Å². The van der Waals surface area contributed by atoms with Gasteiger partial charge in [0.05, 0.1) is 5.56 Å². The lowest BCUT2D eigenvalue weighted by molar-refractivity contribution is 0.0696. The molecule has 2 heterocycles. The molecule has 5 rings (SSSR count). The van der Waals surface area contributed by atoms with E-state index in [2.05, 4.69) is 78.4 Å². The SMILES string of the molecule is CCN(CC)CC.O=C(O)c1cccc(CN2CCC(CCCC(=O)c3ccc4c(c3)CCC(Cc3ccccc3)CN4)CC2)c1. The third-order valence-corrected chi connectivity index (χ3v) is 9.84. The lowest BCUT2D eigenvalue weighted by atomic mass is 9.90. The van der Waals surface area contributed by atoms with Gasteiger partial charge in [-0.3, -0.25) is 9.69 Å². The Kier molecular flexibility index (Phi) is 14.3. The van der Waals surface area contributed by atoms with E-state index < -0.39 is 5.97 Å². The van der Waals surface area contributed by atoms with Gasteiger partial charge in [-0.1, -0.05) is 63.2 Å². The summed E-state index contributed by atoms with van der Waals surface area (Å²) in [6, 6.07) is 24.2. The van der Waals surface area contributed by atoms with Crippen LogP contribution in [0.4, 0.5) is 5.69 Å². The van der Waals surface area contributed by atoms with E-state index in [1.165, 1.54) is 36.4 Å². The number of carboxylic acids is 1. The Balaban J connectivity index is 0.000000617. The molecule has 0 spiro atoms. The van der Waals surface area contributed by atoms with Gasteiger partial charge < -0.3 is 15.3 Å². The average molecular weight is 626 g/mol. The normalized spacial score (nSPS) is 16.9. The molecule has 3 aromatic rings. The summed E-state index contributed by atoms with van der Waals surface area (Å²) in [5, 5.41) is 12.9. The van der Waals surface area contributed by atoms with Crippen LogP contribution < -0.4 is 5.32 Å². The number of Topliss-reactive ketones (excluding diaryl/α,β-unsaturated/α-hetero) is 1. The summed E-state index contributed by atoms with van der Waals surface area (Å²) in [4.78, 5) is 29.0. The number of nitrogens with zero attached hydrogens (tertiary/aromatic N) is 2. The Morgan fingerprint density at radius 2 is 1.54 bits per heavy atom. The van der Waals surface area contributed by atoms with Crippen LogP contribution in [0.3, 0.4) is 0 Å². The second-order valence-electron chi connectivity index (χ2n) is 13.0. The number of nitrogens with one attached hydrogen (secondary N) is 1. The maximum absolute atomic E-state index is 13.0. The fourth-order valence-electron chi connectivity index (χ4n) is 6.84. The van der Waals surface area contributed by atoms with Gasteiger partial charge in [-0.25, -0.2) is 4.79 Å². The molecule has 6 nitrogen and oxygen atoms in total. The number of carboxylic acid groups (broad SMARTS) is 1. The number of aromatic carboxylic acids is 1. The third-order valence-electron chi connectivity index (χ3n) is 9.84. The van der Waals surface area contributed by atoms with Crippen LogP contribution in [0.15, 0.2) is 72.8 Å². The zero-order valence-electron chi connectivity index (χ0n) is 28.3. The monoisotopic (exact) mass is 625 g/mol. The summed E-state index contributed by atoms with van der Waals surface area (Å²) < 4.78 is 0. The van der Waals surface area contributed by atoms with E-state index in [0.717, 1.165) is 82.3 Å². The lowest BCUT2D eigenvalue weighted by Crippen LogP contribution is -2.33. The van der Waals surface area contributed by atoms with Crippen LogP contribution in [0, 0.1) is 11.8 Å². The lowest BCUT2D eigenvalue weighted by Gasteiger charge is -2.32. The van der Waals surface area contributed by atoms with Crippen LogP contribution in [-0.4, -0.2) is 65.9 Å². The topological polar surface area (TPSA) is 72.9 Å². The first-order chi connectivity index (χ1) is 22.4. The molecule has 0 bridgehead atoms. The van der Waals surface area contributed by atoms with Gasteiger partial charge in [0.2, 0.25) is 0 Å². The first-order valence-electron chi connectivity index (χ1n) is 17.6. The Hall–Kier alpha value is -3.48. The molecule has 3 aromatic carbocycles. The van der Waals surface area contributed by atoms with Gasteiger partial charge in [0.1, 0.15) is 0 Å². The van der Waals surface area contributed by atoms with E-state index in [-0.39, 0.29) is 5.78 Å². The molecule has 0 amide bonds. The van der Waals surface area contributed by atoms with Crippen LogP contribution in [-0.2, 0) is 19.4 Å². The maximum atomic E-state index is 13.0. The standard InChI is InChI=1S/C34H40N2O3.C6H15N/c37-33(11-5-8-25-16-18-36(19-17-25)24-28-9-4-10-31(21-28)34(38)39)30-14-15-32-29(22-30)13-12-27(23-35-32)20-26-6-2-1-3-7-26;1-4-7(5-2)6-3/h1-4,6-7,9-10,14-15,21-22,25,27,35H,5,8,11-13,16-20,23-24H2,(H,38,39);4-6H2,1-3H3. The van der Waals surface area contributed by atoms with Crippen molar-refractivity contribution in [1.82, 2.24) is 9.80 Å². The third kappa shape index (κ3) is 11.1. The Labute approximate surface area is 277 Å². The largest absolute Gasteiger partial charge is 0.478 e. The predicted molar refractivity (Wildman–Crippen MR) is 190 cm³/mol. The molecule has 1 atom stereocenters. The number of piperidine rings is 1. The minimum atomic E-state index is -0.875. The van der Waals surface area contributed by atoms with E-state index in [1.807, 2.05) is 18.2 Å². The van der Waals surface area contributed by atoms with E-state index in [1.54, 1.807) is 12.1 Å². The predicted octanol–water partition coefficient (Wildman–Crippen LogP) is 8.22. The molecule has 2 aliphatic rings. The summed E-state index contributed by atoms with van der Waals surface area (Å²) in [5.74, 6) is 0.649. The second kappa shape index (κ2) is 18.6. The molecule has 2 N–H and O–H groups in total. The van der Waals surface area contributed by atoms with E-state index >= 15 is 0 Å². The molecule has 1 unspecified atom stereocenters. The minimum absolute atomic E-state index is 0.263. The fourth-order valence-corrected chi connectivity index (χ4v) is 6.84. The number of carbonyl (C=O) groups is 2. The number of anilines is 1. The fraction of sp³-hybridized carbons (Fsp3) is 0.500. The van der Waals surface area contributed by atoms with Gasteiger partial charge in [0.25, 0.3) is 0 Å². The van der Waals surface area contributed by atoms with E-state index in [9.17, 15) is 14.7 Å². The number of hydrogen-bond acceptors (Lipinski definition) is 5. The first-order valence-corrected chi connectivity index (χ1v) is 17.6. The van der Waals surface area contributed by atoms with Crippen molar-refractivity contribution in [2.45, 2.75) is 78.7 Å². The van der Waals surface area contributed by atoms with Crippen LogP contribution >= 0.6 is 0 Å². The maximum Gasteiger partial charge on any atom is 0.335 e. The molecule has 46 heavy (non-hydrogen) atoms. The molecule has 0 radical (unpaired) electrons. The first kappa shape index (κ1) is 35.4. The van der Waals surface area contributed by atoms with Gasteiger partial charge in [-0.05, 0) is 137 Å². The average Bonchev–Trinajstić information content (AvgIpc) is 3.29. The summed E-state index contributed by atoms with van der Waals surface area (Å²) in [7, 11) is 0. The molecule has 0 saturated carbocycles. The van der Waals surface area contributed by atoms with Crippen molar-refractivity contribution in [2.24, 2.45) is 11.8 Å². The molecule has 2 aliphatic heterocycles. The van der Waals surface area contributed by atoms with Crippen LogP contribution in [0.2, 0.25) is 0 Å². The van der Waals surface area contributed by atoms with Crippen molar-refractivity contribution in [1.29, 1.82) is 0 Å². The highest BCUT2D eigenvalue weighted by molar-refractivity contribution is 5.96. The zero-order valence-corrected chi connectivity index (χ0v) is 28.3. The smallest absolute Gasteiger partial charge is 0.335 e. The van der Waals surface area contributed by atoms with Gasteiger partial charge in [0.15, 0.2) is 5.78 Å². The molecular weight excluding hydrogens is 570 g/mol. The number of carbonyl (C=O) groups excluding carboxylic acids is 1. The van der Waals surface area contributed by atoms with Crippen LogP contribution in [0.5, 0.6) is 0 Å². The highest BCUT2D eigenvalue weighted by atomic mass is 16.4. The molecule has 0 aromatic heterocycles. The van der Waals surface area contributed by atoms with Crippen LogP contribution in [0.25, 0.3) is 0 Å².